The Balaban J connectivity index is 3.12. The molecule has 0 radical (unpaired) electrons. The number of carbonyl (C=O) groups excluding carboxylic acids is 1. The van der Waals surface area contributed by atoms with Crippen LogP contribution in [0.3, 0.4) is 0 Å². The third-order valence-corrected chi connectivity index (χ3v) is 3.30. The number of aromatic nitrogens is 1. The smallest absolute Gasteiger partial charge is 0.286 e. The van der Waals surface area contributed by atoms with Crippen molar-refractivity contribution in [1.82, 2.24) is 4.57 Å². The van der Waals surface area contributed by atoms with Gasteiger partial charge in [-0.1, -0.05) is 13.8 Å². The van der Waals surface area contributed by atoms with E-state index in [0.29, 0.717) is 6.42 Å². The Labute approximate surface area is 112 Å². The zero-order valence-corrected chi connectivity index (χ0v) is 11.6. The van der Waals surface area contributed by atoms with Gasteiger partial charge in [-0.3, -0.25) is 19.7 Å². The van der Waals surface area contributed by atoms with Crippen molar-refractivity contribution in [2.24, 2.45) is 5.92 Å². The summed E-state index contributed by atoms with van der Waals surface area (Å²) in [7, 11) is 0. The van der Waals surface area contributed by atoms with E-state index < -0.39 is 10.5 Å². The zero-order chi connectivity index (χ0) is 13.9. The van der Waals surface area contributed by atoms with E-state index in [-0.39, 0.29) is 28.4 Å². The fourth-order valence-corrected chi connectivity index (χ4v) is 1.82. The van der Waals surface area contributed by atoms with Crippen molar-refractivity contribution in [2.45, 2.75) is 26.8 Å². The van der Waals surface area contributed by atoms with Crippen LogP contribution in [0.25, 0.3) is 0 Å². The second-order valence-corrected chi connectivity index (χ2v) is 4.87. The normalized spacial score (nSPS) is 12.2. The molecule has 1 atom stereocenters. The maximum atomic E-state index is 11.7. The van der Waals surface area contributed by atoms with Crippen LogP contribution in [0.4, 0.5) is 5.69 Å². The van der Waals surface area contributed by atoms with Crippen molar-refractivity contribution in [3.8, 4) is 0 Å². The van der Waals surface area contributed by atoms with E-state index in [0.717, 1.165) is 16.8 Å². The predicted molar refractivity (Wildman–Crippen MR) is 69.5 cm³/mol. The summed E-state index contributed by atoms with van der Waals surface area (Å²) in [5.41, 5.74) is -0.671. The van der Waals surface area contributed by atoms with Gasteiger partial charge < -0.3 is 4.57 Å². The SMILES string of the molecule is CCC(C)C(=O)Cn1cc([N+](=O)[O-])cc(Br)c1=O. The second-order valence-electron chi connectivity index (χ2n) is 4.01. The summed E-state index contributed by atoms with van der Waals surface area (Å²) in [5.74, 6) is -0.290. The first-order valence-corrected chi connectivity index (χ1v) is 6.23. The van der Waals surface area contributed by atoms with Gasteiger partial charge in [0.1, 0.15) is 0 Å². The molecule has 0 aromatic carbocycles. The highest BCUT2D eigenvalue weighted by molar-refractivity contribution is 9.10. The summed E-state index contributed by atoms with van der Waals surface area (Å²) in [5, 5.41) is 10.7. The first kappa shape index (κ1) is 14.6. The molecule has 0 saturated heterocycles. The Morgan fingerprint density at radius 1 is 1.61 bits per heavy atom. The van der Waals surface area contributed by atoms with Crippen LogP contribution in [0.15, 0.2) is 21.5 Å². The van der Waals surface area contributed by atoms with Crippen molar-refractivity contribution in [2.75, 3.05) is 0 Å². The Hall–Kier alpha value is -1.50. The lowest BCUT2D eigenvalue weighted by Gasteiger charge is -2.09. The van der Waals surface area contributed by atoms with Gasteiger partial charge in [0.15, 0.2) is 5.78 Å². The van der Waals surface area contributed by atoms with Crippen LogP contribution in [0.5, 0.6) is 0 Å². The van der Waals surface area contributed by atoms with Crippen LogP contribution >= 0.6 is 15.9 Å². The van der Waals surface area contributed by atoms with Gasteiger partial charge in [-0.25, -0.2) is 0 Å². The Bertz CT molecular complexity index is 538. The summed E-state index contributed by atoms with van der Waals surface area (Å²) in [4.78, 5) is 33.5. The quantitative estimate of drug-likeness (QED) is 0.615. The van der Waals surface area contributed by atoms with Crippen molar-refractivity contribution < 1.29 is 9.72 Å². The van der Waals surface area contributed by atoms with Crippen LogP contribution in [-0.2, 0) is 11.3 Å². The highest BCUT2D eigenvalue weighted by Crippen LogP contribution is 2.14. The zero-order valence-electron chi connectivity index (χ0n) is 10.1. The number of hydrogen-bond acceptors (Lipinski definition) is 4. The average Bonchev–Trinajstić information content (AvgIpc) is 2.33. The lowest BCUT2D eigenvalue weighted by atomic mass is 10.0. The number of nitrogens with zero attached hydrogens (tertiary/aromatic N) is 2. The number of hydrogen-bond donors (Lipinski definition) is 0. The fourth-order valence-electron chi connectivity index (χ4n) is 1.35. The van der Waals surface area contributed by atoms with Crippen molar-refractivity contribution in [3.63, 3.8) is 0 Å². The standard InChI is InChI=1S/C11H13BrN2O4/c1-3-7(2)10(15)6-13-5-8(14(17)18)4-9(12)11(13)16/h4-5,7H,3,6H2,1-2H3. The monoisotopic (exact) mass is 316 g/mol. The van der Waals surface area contributed by atoms with Crippen LogP contribution in [0.1, 0.15) is 20.3 Å². The molecule has 0 saturated carbocycles. The molecule has 1 aromatic rings. The molecule has 1 heterocycles. The number of nitro groups is 1. The van der Waals surface area contributed by atoms with Crippen molar-refractivity contribution >= 4 is 27.4 Å². The molecule has 7 heteroatoms. The summed E-state index contributed by atoms with van der Waals surface area (Å²) < 4.78 is 1.14. The van der Waals surface area contributed by atoms with E-state index >= 15 is 0 Å². The van der Waals surface area contributed by atoms with Crippen LogP contribution < -0.4 is 5.56 Å². The van der Waals surface area contributed by atoms with Gasteiger partial charge in [-0.15, -0.1) is 0 Å². The summed E-state index contributed by atoms with van der Waals surface area (Å²) in [6, 6.07) is 1.13. The first-order valence-electron chi connectivity index (χ1n) is 5.43. The predicted octanol–water partition coefficient (Wildman–Crippen LogP) is 2.13. The molecule has 1 aromatic heterocycles. The minimum absolute atomic E-state index is 0.0775. The van der Waals surface area contributed by atoms with Gasteiger partial charge in [-0.05, 0) is 22.4 Å². The van der Waals surface area contributed by atoms with E-state index in [1.165, 1.54) is 0 Å². The first-order chi connectivity index (χ1) is 8.36. The molecule has 0 bridgehead atoms. The molecule has 0 N–H and O–H groups in total. The molecule has 0 spiro atoms. The summed E-state index contributed by atoms with van der Waals surface area (Å²) in [6.07, 6.45) is 1.76. The molecular formula is C11H13BrN2O4. The Kier molecular flexibility index (Phi) is 4.77. The molecule has 0 aliphatic heterocycles. The van der Waals surface area contributed by atoms with Gasteiger partial charge in [-0.2, -0.15) is 0 Å². The minimum Gasteiger partial charge on any atom is -0.300 e. The molecule has 6 nitrogen and oxygen atoms in total. The van der Waals surface area contributed by atoms with E-state index in [4.69, 9.17) is 0 Å². The van der Waals surface area contributed by atoms with Gasteiger partial charge in [0, 0.05) is 12.0 Å². The van der Waals surface area contributed by atoms with Crippen molar-refractivity contribution in [1.29, 1.82) is 0 Å². The second kappa shape index (κ2) is 5.90. The summed E-state index contributed by atoms with van der Waals surface area (Å²) in [6.45, 7) is 3.49. The van der Waals surface area contributed by atoms with Crippen LogP contribution in [0, 0.1) is 16.0 Å². The van der Waals surface area contributed by atoms with E-state index in [9.17, 15) is 19.7 Å². The number of Topliss-reactive ketones (excluding diaryl/α,β-unsaturated/α-hetero) is 1. The lowest BCUT2D eigenvalue weighted by Crippen LogP contribution is -2.27. The number of halogens is 1. The number of rotatable bonds is 5. The van der Waals surface area contributed by atoms with Gasteiger partial charge >= 0.3 is 0 Å². The van der Waals surface area contributed by atoms with E-state index in [1.807, 2.05) is 6.92 Å². The Morgan fingerprint density at radius 3 is 2.72 bits per heavy atom. The van der Waals surface area contributed by atoms with Crippen molar-refractivity contribution in [3.05, 3.63) is 37.2 Å². The molecule has 0 aliphatic rings. The Morgan fingerprint density at radius 2 is 2.22 bits per heavy atom. The fraction of sp³-hybridized carbons (Fsp3) is 0.455. The van der Waals surface area contributed by atoms with E-state index in [1.54, 1.807) is 6.92 Å². The van der Waals surface area contributed by atoms with Crippen LogP contribution in [0.2, 0.25) is 0 Å². The third kappa shape index (κ3) is 3.25. The third-order valence-electron chi connectivity index (χ3n) is 2.73. The molecule has 1 unspecified atom stereocenters. The van der Waals surface area contributed by atoms with Gasteiger partial charge in [0.05, 0.1) is 22.1 Å². The van der Waals surface area contributed by atoms with E-state index in [2.05, 4.69) is 15.9 Å². The summed E-state index contributed by atoms with van der Waals surface area (Å²) >= 11 is 2.96. The average molecular weight is 317 g/mol. The maximum absolute atomic E-state index is 11.7. The molecular weight excluding hydrogens is 304 g/mol. The van der Waals surface area contributed by atoms with Gasteiger partial charge in [0.25, 0.3) is 11.2 Å². The lowest BCUT2D eigenvalue weighted by molar-refractivity contribution is -0.385. The number of carbonyl (C=O) groups is 1. The molecule has 0 aliphatic carbocycles. The highest BCUT2D eigenvalue weighted by atomic mass is 79.9. The largest absolute Gasteiger partial charge is 0.300 e. The molecule has 18 heavy (non-hydrogen) atoms. The molecule has 0 fully saturated rings. The highest BCUT2D eigenvalue weighted by Gasteiger charge is 2.16. The maximum Gasteiger partial charge on any atom is 0.286 e. The topological polar surface area (TPSA) is 82.2 Å². The molecule has 98 valence electrons. The molecule has 1 rings (SSSR count). The molecule has 0 amide bonds. The number of pyridine rings is 1. The van der Waals surface area contributed by atoms with Crippen LogP contribution in [-0.4, -0.2) is 15.3 Å². The minimum atomic E-state index is -0.603. The van der Waals surface area contributed by atoms with Gasteiger partial charge in [0.2, 0.25) is 0 Å². The number of ketones is 1.